The zero-order valence-electron chi connectivity index (χ0n) is 10.8. The van der Waals surface area contributed by atoms with E-state index in [2.05, 4.69) is 25.9 Å². The number of pyridine rings is 2. The lowest BCUT2D eigenvalue weighted by molar-refractivity contribution is 0.0692. The number of hydrogen-bond acceptors (Lipinski definition) is 4. The Hall–Kier alpha value is -1.95. The number of aromatic nitrogens is 2. The summed E-state index contributed by atoms with van der Waals surface area (Å²) in [5, 5.41) is 9.26. The van der Waals surface area contributed by atoms with Crippen molar-refractivity contribution in [2.45, 2.75) is 13.3 Å². The normalized spacial score (nSPS) is 10.3. The molecule has 20 heavy (non-hydrogen) atoms. The van der Waals surface area contributed by atoms with Gasteiger partial charge in [-0.05, 0) is 34.5 Å². The summed E-state index contributed by atoms with van der Waals surface area (Å²) in [6.45, 7) is 2.41. The summed E-state index contributed by atoms with van der Waals surface area (Å²) in [6, 6.07) is 3.32. The van der Waals surface area contributed by atoms with Gasteiger partial charge in [0.1, 0.15) is 5.56 Å². The second-order valence-electron chi connectivity index (χ2n) is 4.11. The predicted molar refractivity (Wildman–Crippen MR) is 77.9 cm³/mol. The Morgan fingerprint density at radius 2 is 2.15 bits per heavy atom. The Kier molecular flexibility index (Phi) is 4.68. The monoisotopic (exact) mass is 336 g/mol. The minimum Gasteiger partial charge on any atom is -0.491 e. The highest BCUT2D eigenvalue weighted by Gasteiger charge is 2.14. The second-order valence-corrected chi connectivity index (χ2v) is 5.03. The highest BCUT2D eigenvalue weighted by atomic mass is 79.9. The Morgan fingerprint density at radius 3 is 2.80 bits per heavy atom. The molecule has 2 heterocycles. The van der Waals surface area contributed by atoms with Gasteiger partial charge in [0.2, 0.25) is 0 Å². The molecule has 0 saturated carbocycles. The predicted octanol–water partition coefficient (Wildman–Crippen LogP) is 3.39. The number of hydrogen-bond donors (Lipinski definition) is 1. The quantitative estimate of drug-likeness (QED) is 0.905. The standard InChI is InChI=1S/C14H13BrN2O3/c1-2-3-20-13-8-17-12(5-11(13)14(18)19)9-4-10(15)7-16-6-9/h4-8H,2-3H2,1H3,(H,18,19). The number of halogens is 1. The molecule has 0 atom stereocenters. The first kappa shape index (κ1) is 14.5. The molecule has 2 rings (SSSR count). The van der Waals surface area contributed by atoms with Gasteiger partial charge in [0.15, 0.2) is 5.75 Å². The van der Waals surface area contributed by atoms with Crippen LogP contribution >= 0.6 is 15.9 Å². The van der Waals surface area contributed by atoms with Crippen molar-refractivity contribution in [3.8, 4) is 17.0 Å². The summed E-state index contributed by atoms with van der Waals surface area (Å²) in [6.07, 6.45) is 5.53. The van der Waals surface area contributed by atoms with E-state index in [1.54, 1.807) is 12.4 Å². The first-order valence-electron chi connectivity index (χ1n) is 6.09. The molecule has 104 valence electrons. The van der Waals surface area contributed by atoms with E-state index in [1.165, 1.54) is 12.3 Å². The van der Waals surface area contributed by atoms with Gasteiger partial charge in [0, 0.05) is 22.4 Å². The van der Waals surface area contributed by atoms with Gasteiger partial charge in [0.25, 0.3) is 0 Å². The molecular formula is C14H13BrN2O3. The summed E-state index contributed by atoms with van der Waals surface area (Å²) in [5.41, 5.74) is 1.38. The van der Waals surface area contributed by atoms with Gasteiger partial charge < -0.3 is 9.84 Å². The van der Waals surface area contributed by atoms with Crippen LogP contribution in [-0.4, -0.2) is 27.7 Å². The number of rotatable bonds is 5. The van der Waals surface area contributed by atoms with Gasteiger partial charge in [-0.1, -0.05) is 6.92 Å². The topological polar surface area (TPSA) is 72.3 Å². The van der Waals surface area contributed by atoms with Gasteiger partial charge in [0.05, 0.1) is 18.5 Å². The SMILES string of the molecule is CCCOc1cnc(-c2cncc(Br)c2)cc1C(=O)O. The third-order valence-electron chi connectivity index (χ3n) is 2.56. The maximum absolute atomic E-state index is 11.3. The molecule has 0 aliphatic rings. The number of carboxylic acid groups (broad SMARTS) is 1. The summed E-state index contributed by atoms with van der Waals surface area (Å²) in [5.74, 6) is -0.756. The van der Waals surface area contributed by atoms with Gasteiger partial charge in [-0.15, -0.1) is 0 Å². The molecule has 0 aliphatic carbocycles. The third kappa shape index (κ3) is 3.33. The van der Waals surface area contributed by atoms with E-state index in [0.29, 0.717) is 12.3 Å². The zero-order chi connectivity index (χ0) is 14.5. The molecule has 6 heteroatoms. The molecule has 0 aromatic carbocycles. The zero-order valence-corrected chi connectivity index (χ0v) is 12.4. The maximum atomic E-state index is 11.3. The van der Waals surface area contributed by atoms with Gasteiger partial charge >= 0.3 is 5.97 Å². The summed E-state index contributed by atoms with van der Waals surface area (Å²) >= 11 is 3.32. The first-order chi connectivity index (χ1) is 9.61. The largest absolute Gasteiger partial charge is 0.491 e. The highest BCUT2D eigenvalue weighted by molar-refractivity contribution is 9.10. The van der Waals surface area contributed by atoms with Gasteiger partial charge in [-0.3, -0.25) is 9.97 Å². The molecule has 5 nitrogen and oxygen atoms in total. The fourth-order valence-corrected chi connectivity index (χ4v) is 2.01. The molecule has 0 amide bonds. The smallest absolute Gasteiger partial charge is 0.339 e. The van der Waals surface area contributed by atoms with E-state index in [9.17, 15) is 9.90 Å². The van der Waals surface area contributed by atoms with Crippen LogP contribution in [0.4, 0.5) is 0 Å². The maximum Gasteiger partial charge on any atom is 0.339 e. The molecule has 0 unspecified atom stereocenters. The van der Waals surface area contributed by atoms with Gasteiger partial charge in [-0.2, -0.15) is 0 Å². The Labute approximate surface area is 124 Å². The fourth-order valence-electron chi connectivity index (χ4n) is 1.65. The molecule has 1 N–H and O–H groups in total. The molecule has 0 radical (unpaired) electrons. The van der Waals surface area contributed by atoms with E-state index >= 15 is 0 Å². The summed E-state index contributed by atoms with van der Waals surface area (Å²) in [7, 11) is 0. The van der Waals surface area contributed by atoms with Crippen LogP contribution < -0.4 is 4.74 Å². The first-order valence-corrected chi connectivity index (χ1v) is 6.88. The fraction of sp³-hybridized carbons (Fsp3) is 0.214. The molecule has 0 bridgehead atoms. The average Bonchev–Trinajstić information content (AvgIpc) is 2.44. The minimum absolute atomic E-state index is 0.100. The van der Waals surface area contributed by atoms with E-state index < -0.39 is 5.97 Å². The molecule has 0 aliphatic heterocycles. The van der Waals surface area contributed by atoms with E-state index in [-0.39, 0.29) is 11.3 Å². The average molecular weight is 337 g/mol. The second kappa shape index (κ2) is 6.47. The molecule has 2 aromatic rings. The molecule has 0 saturated heterocycles. The van der Waals surface area contributed by atoms with Crippen LogP contribution in [0.2, 0.25) is 0 Å². The van der Waals surface area contributed by atoms with Crippen molar-refractivity contribution >= 4 is 21.9 Å². The van der Waals surface area contributed by atoms with E-state index in [4.69, 9.17) is 4.74 Å². The van der Waals surface area contributed by atoms with Crippen molar-refractivity contribution < 1.29 is 14.6 Å². The molecular weight excluding hydrogens is 324 g/mol. The van der Waals surface area contributed by atoms with Crippen molar-refractivity contribution in [1.29, 1.82) is 0 Å². The van der Waals surface area contributed by atoms with Crippen LogP contribution in [0.25, 0.3) is 11.3 Å². The Bertz CT molecular complexity index is 632. The lowest BCUT2D eigenvalue weighted by atomic mass is 10.1. The molecule has 2 aromatic heterocycles. The van der Waals surface area contributed by atoms with Crippen LogP contribution in [0.15, 0.2) is 35.2 Å². The van der Waals surface area contributed by atoms with Gasteiger partial charge in [-0.25, -0.2) is 4.79 Å². The van der Waals surface area contributed by atoms with Crippen molar-refractivity contribution in [3.63, 3.8) is 0 Å². The summed E-state index contributed by atoms with van der Waals surface area (Å²) < 4.78 is 6.20. The molecule has 0 fully saturated rings. The van der Waals surface area contributed by atoms with Crippen molar-refractivity contribution in [2.24, 2.45) is 0 Å². The number of aromatic carboxylic acids is 1. The van der Waals surface area contributed by atoms with Crippen LogP contribution in [0, 0.1) is 0 Å². The van der Waals surface area contributed by atoms with Crippen LogP contribution in [-0.2, 0) is 0 Å². The van der Waals surface area contributed by atoms with Crippen LogP contribution in [0.5, 0.6) is 5.75 Å². The van der Waals surface area contributed by atoms with E-state index in [1.807, 2.05) is 13.0 Å². The number of carbonyl (C=O) groups is 1. The van der Waals surface area contributed by atoms with Crippen molar-refractivity contribution in [2.75, 3.05) is 6.61 Å². The number of nitrogens with zero attached hydrogens (tertiary/aromatic N) is 2. The Balaban J connectivity index is 2.42. The van der Waals surface area contributed by atoms with Crippen molar-refractivity contribution in [1.82, 2.24) is 9.97 Å². The summed E-state index contributed by atoms with van der Waals surface area (Å²) in [4.78, 5) is 19.6. The number of ether oxygens (including phenoxy) is 1. The number of carboxylic acids is 1. The Morgan fingerprint density at radius 1 is 1.35 bits per heavy atom. The van der Waals surface area contributed by atoms with Crippen LogP contribution in [0.1, 0.15) is 23.7 Å². The molecule has 0 spiro atoms. The lowest BCUT2D eigenvalue weighted by Gasteiger charge is -2.09. The minimum atomic E-state index is -1.04. The van der Waals surface area contributed by atoms with E-state index in [0.717, 1.165) is 16.5 Å². The highest BCUT2D eigenvalue weighted by Crippen LogP contribution is 2.25. The van der Waals surface area contributed by atoms with Crippen molar-refractivity contribution in [3.05, 3.63) is 40.8 Å². The van der Waals surface area contributed by atoms with Crippen LogP contribution in [0.3, 0.4) is 0 Å². The third-order valence-corrected chi connectivity index (χ3v) is 2.99. The lowest BCUT2D eigenvalue weighted by Crippen LogP contribution is -2.05.